The molecular weight excluding hydrogens is 329 g/mol. The Morgan fingerprint density at radius 3 is 2.58 bits per heavy atom. The fourth-order valence-electron chi connectivity index (χ4n) is 2.37. The molecule has 0 aromatic heterocycles. The van der Waals surface area contributed by atoms with Crippen LogP contribution in [-0.4, -0.2) is 5.91 Å². The molecule has 0 heterocycles. The molecular formula is C22H18FNO2. The number of nitrogens with one attached hydrogen (secondary N) is 1. The van der Waals surface area contributed by atoms with Gasteiger partial charge in [-0.2, -0.15) is 0 Å². The number of benzene rings is 3. The fraction of sp³-hybridized carbons (Fsp3) is 0.0455. The van der Waals surface area contributed by atoms with Gasteiger partial charge in [0.05, 0.1) is 0 Å². The normalized spacial score (nSPS) is 10.7. The van der Waals surface area contributed by atoms with Gasteiger partial charge in [-0.25, -0.2) is 4.39 Å². The summed E-state index contributed by atoms with van der Waals surface area (Å²) in [5.74, 6) is 0.00259. The average molecular weight is 347 g/mol. The molecule has 3 rings (SSSR count). The van der Waals surface area contributed by atoms with Crippen molar-refractivity contribution in [3.8, 4) is 5.75 Å². The lowest BCUT2D eigenvalue weighted by molar-refractivity contribution is -0.111. The highest BCUT2D eigenvalue weighted by atomic mass is 19.1. The third kappa shape index (κ3) is 5.31. The van der Waals surface area contributed by atoms with Gasteiger partial charge < -0.3 is 10.1 Å². The Bertz CT molecular complexity index is 907. The second-order valence-electron chi connectivity index (χ2n) is 5.68. The van der Waals surface area contributed by atoms with E-state index in [1.165, 1.54) is 18.2 Å². The zero-order chi connectivity index (χ0) is 18.2. The summed E-state index contributed by atoms with van der Waals surface area (Å²) in [7, 11) is 0. The van der Waals surface area contributed by atoms with Crippen LogP contribution in [0.5, 0.6) is 5.75 Å². The molecule has 0 spiro atoms. The van der Waals surface area contributed by atoms with Crippen LogP contribution >= 0.6 is 0 Å². The largest absolute Gasteiger partial charge is 0.489 e. The van der Waals surface area contributed by atoms with Crippen molar-refractivity contribution in [2.24, 2.45) is 0 Å². The standard InChI is InChI=1S/C22H18FNO2/c23-19-9-5-10-20(15-19)24-22(25)13-12-17-8-4-11-21(14-17)26-16-18-6-2-1-3-7-18/h1-15H,16H2,(H,24,25)/b13-12+. The van der Waals surface area contributed by atoms with Crippen molar-refractivity contribution in [2.75, 3.05) is 5.32 Å². The molecule has 4 heteroatoms. The number of carbonyl (C=O) groups excluding carboxylic acids is 1. The Kier molecular flexibility index (Phi) is 5.78. The molecule has 0 bridgehead atoms. The minimum absolute atomic E-state index is 0.328. The van der Waals surface area contributed by atoms with Crippen molar-refractivity contribution in [2.45, 2.75) is 6.61 Å². The molecule has 0 atom stereocenters. The first-order valence-corrected chi connectivity index (χ1v) is 8.20. The monoisotopic (exact) mass is 347 g/mol. The van der Waals surface area contributed by atoms with E-state index in [0.717, 1.165) is 16.9 Å². The Morgan fingerprint density at radius 2 is 1.77 bits per heavy atom. The summed E-state index contributed by atoms with van der Waals surface area (Å²) in [6.45, 7) is 0.480. The first-order chi connectivity index (χ1) is 12.7. The summed E-state index contributed by atoms with van der Waals surface area (Å²) in [4.78, 5) is 11.9. The first kappa shape index (κ1) is 17.4. The second kappa shape index (κ2) is 8.62. The Balaban J connectivity index is 1.59. The third-order valence-electron chi connectivity index (χ3n) is 3.63. The predicted molar refractivity (Wildman–Crippen MR) is 101 cm³/mol. The Hall–Kier alpha value is -3.40. The number of anilines is 1. The van der Waals surface area contributed by atoms with Crippen molar-refractivity contribution in [3.05, 3.63) is 102 Å². The number of rotatable bonds is 6. The number of halogens is 1. The average Bonchev–Trinajstić information content (AvgIpc) is 2.66. The van der Waals surface area contributed by atoms with Crippen LogP contribution < -0.4 is 10.1 Å². The molecule has 130 valence electrons. The van der Waals surface area contributed by atoms with Gasteiger partial charge in [0, 0.05) is 11.8 Å². The molecule has 3 aromatic rings. The summed E-state index contributed by atoms with van der Waals surface area (Å²) in [5.41, 5.74) is 2.34. The number of amides is 1. The van der Waals surface area contributed by atoms with Crippen molar-refractivity contribution >= 4 is 17.7 Å². The Labute approximate surface area is 151 Å². The van der Waals surface area contributed by atoms with E-state index >= 15 is 0 Å². The lowest BCUT2D eigenvalue weighted by atomic mass is 10.2. The molecule has 0 aliphatic heterocycles. The van der Waals surface area contributed by atoms with Crippen molar-refractivity contribution in [1.29, 1.82) is 0 Å². The minimum atomic E-state index is -0.393. The molecule has 3 aromatic carbocycles. The molecule has 1 amide bonds. The highest BCUT2D eigenvalue weighted by Crippen LogP contribution is 2.16. The molecule has 0 aliphatic carbocycles. The molecule has 26 heavy (non-hydrogen) atoms. The topological polar surface area (TPSA) is 38.3 Å². The van der Waals surface area contributed by atoms with Crippen LogP contribution in [0.25, 0.3) is 6.08 Å². The molecule has 1 N–H and O–H groups in total. The second-order valence-corrected chi connectivity index (χ2v) is 5.68. The molecule has 0 aliphatic rings. The summed E-state index contributed by atoms with van der Waals surface area (Å²) in [6, 6.07) is 23.1. The summed E-state index contributed by atoms with van der Waals surface area (Å²) >= 11 is 0. The zero-order valence-corrected chi connectivity index (χ0v) is 14.1. The van der Waals surface area contributed by atoms with Crippen LogP contribution in [0.15, 0.2) is 84.9 Å². The summed E-state index contributed by atoms with van der Waals surface area (Å²) in [6.07, 6.45) is 3.09. The van der Waals surface area contributed by atoms with Gasteiger partial charge in [-0.3, -0.25) is 4.79 Å². The third-order valence-corrected chi connectivity index (χ3v) is 3.63. The van der Waals surface area contributed by atoms with Crippen LogP contribution in [0.2, 0.25) is 0 Å². The van der Waals surface area contributed by atoms with E-state index in [9.17, 15) is 9.18 Å². The molecule has 0 saturated heterocycles. The number of ether oxygens (including phenoxy) is 1. The van der Waals surface area contributed by atoms with Crippen molar-refractivity contribution < 1.29 is 13.9 Å². The number of hydrogen-bond donors (Lipinski definition) is 1. The van der Waals surface area contributed by atoms with E-state index < -0.39 is 5.82 Å². The lowest BCUT2D eigenvalue weighted by Crippen LogP contribution is -2.07. The molecule has 3 nitrogen and oxygen atoms in total. The van der Waals surface area contributed by atoms with Gasteiger partial charge >= 0.3 is 0 Å². The molecule has 0 saturated carbocycles. The van der Waals surface area contributed by atoms with Crippen LogP contribution in [-0.2, 0) is 11.4 Å². The van der Waals surface area contributed by atoms with Gasteiger partial charge in [0.25, 0.3) is 0 Å². The van der Waals surface area contributed by atoms with Gasteiger partial charge in [-0.05, 0) is 47.5 Å². The zero-order valence-electron chi connectivity index (χ0n) is 14.1. The van der Waals surface area contributed by atoms with E-state index in [4.69, 9.17) is 4.74 Å². The quantitative estimate of drug-likeness (QED) is 0.633. The predicted octanol–water partition coefficient (Wildman–Crippen LogP) is 5.06. The smallest absolute Gasteiger partial charge is 0.248 e. The minimum Gasteiger partial charge on any atom is -0.489 e. The maximum absolute atomic E-state index is 13.1. The fourth-order valence-corrected chi connectivity index (χ4v) is 2.37. The Morgan fingerprint density at radius 1 is 0.962 bits per heavy atom. The molecule has 0 unspecified atom stereocenters. The van der Waals surface area contributed by atoms with Gasteiger partial charge in [0.15, 0.2) is 0 Å². The van der Waals surface area contributed by atoms with Crippen molar-refractivity contribution in [1.82, 2.24) is 0 Å². The van der Waals surface area contributed by atoms with E-state index in [-0.39, 0.29) is 5.91 Å². The van der Waals surface area contributed by atoms with Gasteiger partial charge in [-0.1, -0.05) is 48.5 Å². The SMILES string of the molecule is O=C(/C=C/c1cccc(OCc2ccccc2)c1)Nc1cccc(F)c1. The van der Waals surface area contributed by atoms with Crippen molar-refractivity contribution in [3.63, 3.8) is 0 Å². The highest BCUT2D eigenvalue weighted by molar-refractivity contribution is 6.01. The lowest BCUT2D eigenvalue weighted by Gasteiger charge is -2.07. The maximum Gasteiger partial charge on any atom is 0.248 e. The number of hydrogen-bond acceptors (Lipinski definition) is 2. The van der Waals surface area contributed by atoms with E-state index in [2.05, 4.69) is 5.32 Å². The molecule has 0 radical (unpaired) electrons. The van der Waals surface area contributed by atoms with Crippen LogP contribution in [0.3, 0.4) is 0 Å². The van der Waals surface area contributed by atoms with E-state index in [0.29, 0.717) is 12.3 Å². The van der Waals surface area contributed by atoms with Crippen LogP contribution in [0.1, 0.15) is 11.1 Å². The van der Waals surface area contributed by atoms with E-state index in [1.807, 2.05) is 54.6 Å². The molecule has 0 fully saturated rings. The van der Waals surface area contributed by atoms with Gasteiger partial charge in [0.1, 0.15) is 18.2 Å². The summed E-state index contributed by atoms with van der Waals surface area (Å²) < 4.78 is 18.9. The van der Waals surface area contributed by atoms with Gasteiger partial charge in [0.2, 0.25) is 5.91 Å². The summed E-state index contributed by atoms with van der Waals surface area (Å²) in [5, 5.41) is 2.62. The van der Waals surface area contributed by atoms with Crippen LogP contribution in [0.4, 0.5) is 10.1 Å². The first-order valence-electron chi connectivity index (χ1n) is 8.20. The highest BCUT2D eigenvalue weighted by Gasteiger charge is 2.00. The van der Waals surface area contributed by atoms with E-state index in [1.54, 1.807) is 18.2 Å². The van der Waals surface area contributed by atoms with Crippen LogP contribution in [0, 0.1) is 5.82 Å². The number of carbonyl (C=O) groups is 1. The van der Waals surface area contributed by atoms with Gasteiger partial charge in [-0.15, -0.1) is 0 Å². The maximum atomic E-state index is 13.1.